The van der Waals surface area contributed by atoms with Crippen LogP contribution in [0.3, 0.4) is 0 Å². The highest BCUT2D eigenvalue weighted by molar-refractivity contribution is 5.73. The van der Waals surface area contributed by atoms with Gasteiger partial charge in [0.25, 0.3) is 0 Å². The van der Waals surface area contributed by atoms with Gasteiger partial charge in [-0.05, 0) is 37.5 Å². The van der Waals surface area contributed by atoms with E-state index in [-0.39, 0.29) is 23.9 Å². The van der Waals surface area contributed by atoms with Gasteiger partial charge < -0.3 is 19.9 Å². The molecule has 0 bridgehead atoms. The van der Waals surface area contributed by atoms with E-state index in [1.807, 2.05) is 37.3 Å². The summed E-state index contributed by atoms with van der Waals surface area (Å²) in [6.07, 6.45) is 7.40. The summed E-state index contributed by atoms with van der Waals surface area (Å²) < 4.78 is 21.6. The van der Waals surface area contributed by atoms with Crippen LogP contribution < -0.4 is 10.1 Å². The van der Waals surface area contributed by atoms with Crippen molar-refractivity contribution in [1.82, 2.24) is 15.1 Å². The second kappa shape index (κ2) is 9.54. The molecule has 0 radical (unpaired) electrons. The zero-order chi connectivity index (χ0) is 21.8. The fourth-order valence-corrected chi connectivity index (χ4v) is 4.44. The number of hydrogen-bond donors (Lipinski definition) is 1. The smallest absolute Gasteiger partial charge is 0.217 e. The Morgan fingerprint density at radius 2 is 1.94 bits per heavy atom. The van der Waals surface area contributed by atoms with Gasteiger partial charge in [0.15, 0.2) is 11.6 Å². The van der Waals surface area contributed by atoms with Gasteiger partial charge >= 0.3 is 0 Å². The van der Waals surface area contributed by atoms with Crippen molar-refractivity contribution in [2.45, 2.75) is 51.7 Å². The van der Waals surface area contributed by atoms with Crippen LogP contribution in [0.1, 0.15) is 51.1 Å². The number of amides is 1. The summed E-state index contributed by atoms with van der Waals surface area (Å²) in [5.74, 6) is 1.01. The molecule has 0 aliphatic carbocycles. The van der Waals surface area contributed by atoms with Crippen molar-refractivity contribution in [3.8, 4) is 5.75 Å². The van der Waals surface area contributed by atoms with E-state index in [0.29, 0.717) is 24.5 Å². The lowest BCUT2D eigenvalue weighted by Gasteiger charge is -2.24. The molecule has 166 valence electrons. The van der Waals surface area contributed by atoms with Crippen molar-refractivity contribution in [2.24, 2.45) is 4.99 Å². The predicted molar refractivity (Wildman–Crippen MR) is 119 cm³/mol. The minimum Gasteiger partial charge on any atom is -0.489 e. The first-order valence-corrected chi connectivity index (χ1v) is 11.2. The molecule has 3 aliphatic heterocycles. The van der Waals surface area contributed by atoms with Gasteiger partial charge in [-0.25, -0.2) is 9.38 Å². The monoisotopic (exact) mass is 426 g/mol. The van der Waals surface area contributed by atoms with E-state index in [2.05, 4.69) is 20.1 Å². The summed E-state index contributed by atoms with van der Waals surface area (Å²) in [4.78, 5) is 19.8. The number of halogens is 1. The number of benzene rings is 1. The minimum atomic E-state index is -0.215. The molecule has 4 rings (SSSR count). The van der Waals surface area contributed by atoms with Crippen molar-refractivity contribution in [1.29, 1.82) is 0 Å². The number of nitrogens with one attached hydrogen (secondary N) is 1. The van der Waals surface area contributed by atoms with Crippen molar-refractivity contribution >= 4 is 12.1 Å². The molecule has 2 fully saturated rings. The molecule has 2 saturated heterocycles. The molecule has 0 saturated carbocycles. The van der Waals surface area contributed by atoms with Crippen LogP contribution in [0.15, 0.2) is 52.7 Å². The number of carbonyl (C=O) groups is 1. The van der Waals surface area contributed by atoms with Gasteiger partial charge in [0, 0.05) is 45.6 Å². The van der Waals surface area contributed by atoms with Crippen molar-refractivity contribution in [3.63, 3.8) is 0 Å². The number of allylic oxidation sites excluding steroid dienone is 2. The maximum absolute atomic E-state index is 15.4. The summed E-state index contributed by atoms with van der Waals surface area (Å²) in [7, 11) is 0. The molecule has 1 aromatic carbocycles. The van der Waals surface area contributed by atoms with E-state index in [4.69, 9.17) is 4.74 Å². The second-order valence-corrected chi connectivity index (χ2v) is 8.43. The number of hydrogen-bond acceptors (Lipinski definition) is 5. The van der Waals surface area contributed by atoms with Crippen molar-refractivity contribution in [3.05, 3.63) is 53.2 Å². The Bertz CT molecular complexity index is 887. The average Bonchev–Trinajstić information content (AvgIpc) is 3.39. The van der Waals surface area contributed by atoms with Gasteiger partial charge in [0.2, 0.25) is 5.91 Å². The Kier molecular flexibility index (Phi) is 6.59. The molecule has 3 aliphatic rings. The predicted octanol–water partition coefficient (Wildman–Crippen LogP) is 3.93. The Labute approximate surface area is 183 Å². The first-order valence-electron chi connectivity index (χ1n) is 11.2. The average molecular weight is 427 g/mol. The Balaban J connectivity index is 1.38. The third kappa shape index (κ3) is 5.09. The topological polar surface area (TPSA) is 57.2 Å². The quantitative estimate of drug-likeness (QED) is 0.749. The molecule has 1 amide bonds. The molecule has 1 aromatic rings. The molecule has 0 spiro atoms. The molecule has 7 heteroatoms. The lowest BCUT2D eigenvalue weighted by molar-refractivity contribution is -0.119. The van der Waals surface area contributed by atoms with E-state index in [1.165, 1.54) is 6.92 Å². The number of nitrogens with zero attached hydrogens (tertiary/aromatic N) is 3. The normalized spacial score (nSPS) is 22.4. The molecular formula is C24H31FN4O2. The Morgan fingerprint density at radius 1 is 1.19 bits per heavy atom. The summed E-state index contributed by atoms with van der Waals surface area (Å²) in [5, 5.41) is 2.88. The zero-order valence-corrected chi connectivity index (χ0v) is 18.3. The molecule has 31 heavy (non-hydrogen) atoms. The fourth-order valence-electron chi connectivity index (χ4n) is 4.44. The largest absolute Gasteiger partial charge is 0.489 e. The van der Waals surface area contributed by atoms with E-state index in [1.54, 1.807) is 6.21 Å². The lowest BCUT2D eigenvalue weighted by Crippen LogP contribution is -2.26. The zero-order valence-electron chi connectivity index (χ0n) is 18.3. The van der Waals surface area contributed by atoms with E-state index < -0.39 is 0 Å². The highest BCUT2D eigenvalue weighted by atomic mass is 19.1. The Hall–Kier alpha value is -2.83. The van der Waals surface area contributed by atoms with Gasteiger partial charge in [0.05, 0.1) is 18.3 Å². The summed E-state index contributed by atoms with van der Waals surface area (Å²) >= 11 is 0. The van der Waals surface area contributed by atoms with Gasteiger partial charge in [-0.2, -0.15) is 0 Å². The van der Waals surface area contributed by atoms with Crippen LogP contribution in [0.4, 0.5) is 4.39 Å². The van der Waals surface area contributed by atoms with E-state index in [9.17, 15) is 4.79 Å². The highest BCUT2D eigenvalue weighted by Crippen LogP contribution is 2.31. The van der Waals surface area contributed by atoms with Gasteiger partial charge in [-0.15, -0.1) is 0 Å². The maximum Gasteiger partial charge on any atom is 0.217 e. The van der Waals surface area contributed by atoms with Crippen LogP contribution in [0.2, 0.25) is 0 Å². The van der Waals surface area contributed by atoms with Crippen LogP contribution >= 0.6 is 0 Å². The summed E-state index contributed by atoms with van der Waals surface area (Å²) in [6.45, 7) is 6.62. The van der Waals surface area contributed by atoms with Crippen LogP contribution in [0.5, 0.6) is 5.75 Å². The number of carbonyl (C=O) groups excluding carboxylic acids is 1. The molecule has 2 atom stereocenters. The third-order valence-electron chi connectivity index (χ3n) is 6.05. The molecule has 1 N–H and O–H groups in total. The number of ether oxygens (including phenoxy) is 1. The fraction of sp³-hybridized carbons (Fsp3) is 0.500. The standard InChI is InChI=1S/C24H31FN4O2/c1-17(27-18(2)30)19-7-9-20(10-8-19)31-21-11-15-29(16-21)22-6-5-12-26-24(23(22)25)28-13-3-4-14-28/h6-10,12,17,21H,3-5,11,13-16H2,1-2H3,(H,27,30)/t17-,21+/m0/s1. The second-order valence-electron chi connectivity index (χ2n) is 8.43. The van der Waals surface area contributed by atoms with Crippen molar-refractivity contribution < 1.29 is 13.9 Å². The summed E-state index contributed by atoms with van der Waals surface area (Å²) in [5.41, 5.74) is 1.67. The number of likely N-dealkylation sites (tertiary alicyclic amines) is 2. The minimum absolute atomic E-state index is 0.00623. The van der Waals surface area contributed by atoms with Gasteiger partial charge in [-0.1, -0.05) is 18.2 Å². The number of aliphatic imine (C=N–C) groups is 1. The third-order valence-corrected chi connectivity index (χ3v) is 6.05. The number of rotatable bonds is 6. The maximum atomic E-state index is 15.4. The van der Waals surface area contributed by atoms with Crippen LogP contribution in [0.25, 0.3) is 0 Å². The van der Waals surface area contributed by atoms with Crippen LogP contribution in [-0.4, -0.2) is 54.2 Å². The summed E-state index contributed by atoms with van der Waals surface area (Å²) in [6, 6.07) is 7.76. The van der Waals surface area contributed by atoms with E-state index >= 15 is 4.39 Å². The molecule has 6 nitrogen and oxygen atoms in total. The molecule has 0 unspecified atom stereocenters. The van der Waals surface area contributed by atoms with Crippen LogP contribution in [0, 0.1) is 0 Å². The molecule has 0 aromatic heterocycles. The van der Waals surface area contributed by atoms with Crippen molar-refractivity contribution in [2.75, 3.05) is 26.2 Å². The first kappa shape index (κ1) is 21.4. The van der Waals surface area contributed by atoms with Crippen LogP contribution in [-0.2, 0) is 4.79 Å². The SMILES string of the molecule is CC(=O)N[C@@H](C)c1ccc(O[C@@H]2CCN(C3=CCC=NC(N4CCCC4)=C3F)C2)cc1. The first-order chi connectivity index (χ1) is 15.0. The van der Waals surface area contributed by atoms with E-state index in [0.717, 1.165) is 50.2 Å². The van der Waals surface area contributed by atoms with Gasteiger partial charge in [0.1, 0.15) is 11.9 Å². The Morgan fingerprint density at radius 3 is 2.65 bits per heavy atom. The molecular weight excluding hydrogens is 395 g/mol. The molecule has 3 heterocycles. The highest BCUT2D eigenvalue weighted by Gasteiger charge is 2.30. The lowest BCUT2D eigenvalue weighted by atomic mass is 10.1. The van der Waals surface area contributed by atoms with Gasteiger partial charge in [-0.3, -0.25) is 4.79 Å².